The number of hydrogen-bond donors (Lipinski definition) is 1. The van der Waals surface area contributed by atoms with Gasteiger partial charge in [-0.15, -0.1) is 0 Å². The number of nitrogens with one attached hydrogen (secondary N) is 1. The van der Waals surface area contributed by atoms with E-state index in [1.165, 1.54) is 19.3 Å². The minimum Gasteiger partial charge on any atom is -0.464 e. The predicted molar refractivity (Wildman–Crippen MR) is 154 cm³/mol. The maximum absolute atomic E-state index is 5.46. The van der Waals surface area contributed by atoms with E-state index in [9.17, 15) is 0 Å². The van der Waals surface area contributed by atoms with Gasteiger partial charge in [-0.3, -0.25) is 0 Å². The van der Waals surface area contributed by atoms with Gasteiger partial charge in [-0.05, 0) is 56.5 Å². The van der Waals surface area contributed by atoms with Gasteiger partial charge in [0.25, 0.3) is 0 Å². The highest BCUT2D eigenvalue weighted by atomic mass is 16.5. The lowest BCUT2D eigenvalue weighted by molar-refractivity contribution is 0.435. The summed E-state index contributed by atoms with van der Waals surface area (Å²) in [5, 5.41) is 4.47. The Labute approximate surface area is 212 Å². The molecule has 0 spiro atoms. The minimum atomic E-state index is 0. The van der Waals surface area contributed by atoms with Gasteiger partial charge in [-0.25, -0.2) is 9.97 Å². The van der Waals surface area contributed by atoms with Gasteiger partial charge in [0.2, 0.25) is 0 Å². The second kappa shape index (κ2) is 14.6. The Morgan fingerprint density at radius 1 is 1.00 bits per heavy atom. The van der Waals surface area contributed by atoms with E-state index in [1.807, 2.05) is 83.3 Å². The monoisotopic (exact) mass is 474 g/mol. The van der Waals surface area contributed by atoms with Crippen LogP contribution in [-0.2, 0) is 4.74 Å². The molecule has 0 bridgehead atoms. The molecule has 5 heteroatoms. The van der Waals surface area contributed by atoms with Crippen molar-refractivity contribution in [1.29, 1.82) is 0 Å². The third-order valence-corrected chi connectivity index (χ3v) is 5.39. The Morgan fingerprint density at radius 2 is 1.71 bits per heavy atom. The van der Waals surface area contributed by atoms with Crippen molar-refractivity contribution in [3.05, 3.63) is 85.4 Å². The Balaban J connectivity index is 0.00000123. The molecule has 0 unspecified atom stereocenters. The molecule has 188 valence electrons. The van der Waals surface area contributed by atoms with Crippen LogP contribution in [0.5, 0.6) is 0 Å². The van der Waals surface area contributed by atoms with Crippen LogP contribution in [-0.4, -0.2) is 23.1 Å². The number of allylic oxidation sites excluding steroid dienone is 1. The van der Waals surface area contributed by atoms with Crippen LogP contribution in [0.4, 0.5) is 11.5 Å². The highest BCUT2D eigenvalue weighted by Crippen LogP contribution is 2.25. The van der Waals surface area contributed by atoms with Crippen molar-refractivity contribution >= 4 is 33.9 Å². The fourth-order valence-electron chi connectivity index (χ4n) is 3.71. The van der Waals surface area contributed by atoms with Crippen molar-refractivity contribution in [1.82, 2.24) is 9.97 Å². The summed E-state index contributed by atoms with van der Waals surface area (Å²) in [5.41, 5.74) is 4.37. The molecule has 4 rings (SSSR count). The van der Waals surface area contributed by atoms with Gasteiger partial charge in [0.15, 0.2) is 0 Å². The van der Waals surface area contributed by atoms with E-state index < -0.39 is 0 Å². The number of benzene rings is 1. The third-order valence-electron chi connectivity index (χ3n) is 5.39. The lowest BCUT2D eigenvalue weighted by Gasteiger charge is -2.28. The van der Waals surface area contributed by atoms with Gasteiger partial charge in [0.1, 0.15) is 17.3 Å². The smallest absolute Gasteiger partial charge is 0.144 e. The average molecular weight is 475 g/mol. The topological polar surface area (TPSA) is 50.3 Å². The molecule has 0 radical (unpaired) electrons. The van der Waals surface area contributed by atoms with Gasteiger partial charge in [-0.1, -0.05) is 59.1 Å². The largest absolute Gasteiger partial charge is 0.464 e. The molecule has 2 aromatic heterocycles. The van der Waals surface area contributed by atoms with Gasteiger partial charge in [-0.2, -0.15) is 0 Å². The molecule has 3 aromatic rings. The van der Waals surface area contributed by atoms with Crippen LogP contribution >= 0.6 is 0 Å². The SMILES string of the molecule is C=C(Nc1ccc2ccc(C(=C)OC=CC)nc2c1)c1ccnc(N2CCCCC2)c1.CC.CC.[HH]. The molecule has 1 saturated heterocycles. The van der Waals surface area contributed by atoms with Crippen LogP contribution in [0.15, 0.2) is 74.2 Å². The molecule has 0 amide bonds. The summed E-state index contributed by atoms with van der Waals surface area (Å²) in [6.45, 7) is 20.2. The molecular weight excluding hydrogens is 432 g/mol. The fourth-order valence-corrected chi connectivity index (χ4v) is 3.71. The van der Waals surface area contributed by atoms with Crippen molar-refractivity contribution in [3.63, 3.8) is 0 Å². The molecule has 0 aliphatic carbocycles. The first kappa shape index (κ1) is 27.6. The van der Waals surface area contributed by atoms with E-state index in [0.717, 1.165) is 46.8 Å². The second-order valence-corrected chi connectivity index (χ2v) is 7.67. The quantitative estimate of drug-likeness (QED) is 0.348. The van der Waals surface area contributed by atoms with E-state index in [-0.39, 0.29) is 1.43 Å². The van der Waals surface area contributed by atoms with E-state index in [4.69, 9.17) is 9.72 Å². The predicted octanol–water partition coefficient (Wildman–Crippen LogP) is 8.52. The lowest BCUT2D eigenvalue weighted by atomic mass is 10.1. The first-order valence-electron chi connectivity index (χ1n) is 12.7. The maximum Gasteiger partial charge on any atom is 0.144 e. The van der Waals surface area contributed by atoms with Crippen LogP contribution in [0.1, 0.15) is 66.6 Å². The molecule has 1 aromatic carbocycles. The Morgan fingerprint density at radius 3 is 2.43 bits per heavy atom. The van der Waals surface area contributed by atoms with Crippen molar-refractivity contribution < 1.29 is 6.16 Å². The number of ether oxygens (including phenoxy) is 1. The molecule has 1 fully saturated rings. The zero-order valence-electron chi connectivity index (χ0n) is 22.0. The zero-order valence-corrected chi connectivity index (χ0v) is 22.0. The van der Waals surface area contributed by atoms with Crippen LogP contribution < -0.4 is 10.2 Å². The molecule has 1 aliphatic heterocycles. The molecule has 0 atom stereocenters. The molecular formula is C30H42N4O. The minimum absolute atomic E-state index is 0. The van der Waals surface area contributed by atoms with E-state index in [0.29, 0.717) is 11.5 Å². The van der Waals surface area contributed by atoms with Crippen LogP contribution in [0.3, 0.4) is 0 Å². The van der Waals surface area contributed by atoms with Gasteiger partial charge in [0.05, 0.1) is 11.8 Å². The van der Waals surface area contributed by atoms with Crippen molar-refractivity contribution in [2.24, 2.45) is 0 Å². The standard InChI is InChI=1S/C26H28N4O.2C2H6.H2/c1-4-16-31-20(3)24-11-9-21-8-10-23(18-25(21)29-24)28-19(2)22-12-13-27-26(17-22)30-14-6-5-7-15-30;2*1-2;/h4,8-13,16-18,28H,2-3,5-7,14-15H2,1H3;2*1-2H3;1H. The number of hydrogen-bond acceptors (Lipinski definition) is 5. The number of aromatic nitrogens is 2. The first-order chi connectivity index (χ1) is 17.1. The molecule has 1 aliphatic rings. The average Bonchev–Trinajstić information content (AvgIpc) is 2.94. The fraction of sp³-hybridized carbons (Fsp3) is 0.333. The normalized spacial score (nSPS) is 12.8. The number of fused-ring (bicyclic) bond motifs is 1. The van der Waals surface area contributed by atoms with Gasteiger partial charge < -0.3 is 15.0 Å². The van der Waals surface area contributed by atoms with Gasteiger partial charge >= 0.3 is 0 Å². The second-order valence-electron chi connectivity index (χ2n) is 7.67. The highest BCUT2D eigenvalue weighted by Gasteiger charge is 2.13. The molecule has 0 saturated carbocycles. The van der Waals surface area contributed by atoms with Gasteiger partial charge in [0, 0.05) is 43.0 Å². The molecule has 3 heterocycles. The Bertz CT molecular complexity index is 1140. The Hall–Kier alpha value is -3.60. The number of pyridine rings is 2. The summed E-state index contributed by atoms with van der Waals surface area (Å²) < 4.78 is 5.46. The summed E-state index contributed by atoms with van der Waals surface area (Å²) in [6, 6.07) is 14.1. The summed E-state index contributed by atoms with van der Waals surface area (Å²) in [6.07, 6.45) is 9.03. The third kappa shape index (κ3) is 7.71. The number of anilines is 2. The highest BCUT2D eigenvalue weighted by molar-refractivity contribution is 5.86. The van der Waals surface area contributed by atoms with Crippen LogP contribution in [0.25, 0.3) is 22.4 Å². The molecule has 1 N–H and O–H groups in total. The van der Waals surface area contributed by atoms with Crippen molar-refractivity contribution in [3.8, 4) is 0 Å². The van der Waals surface area contributed by atoms with E-state index >= 15 is 0 Å². The summed E-state index contributed by atoms with van der Waals surface area (Å²) in [7, 11) is 0. The van der Waals surface area contributed by atoms with Crippen LogP contribution in [0, 0.1) is 0 Å². The zero-order chi connectivity index (χ0) is 25.6. The van der Waals surface area contributed by atoms with Crippen molar-refractivity contribution in [2.45, 2.75) is 53.9 Å². The van der Waals surface area contributed by atoms with Crippen LogP contribution in [0.2, 0.25) is 0 Å². The molecule has 5 nitrogen and oxygen atoms in total. The number of piperidine rings is 1. The van der Waals surface area contributed by atoms with E-state index in [2.05, 4.69) is 34.4 Å². The lowest BCUT2D eigenvalue weighted by Crippen LogP contribution is -2.30. The Kier molecular flexibility index (Phi) is 11.5. The van der Waals surface area contributed by atoms with Crippen molar-refractivity contribution in [2.75, 3.05) is 23.3 Å². The maximum atomic E-state index is 5.46. The first-order valence-corrected chi connectivity index (χ1v) is 12.7. The summed E-state index contributed by atoms with van der Waals surface area (Å²) in [4.78, 5) is 11.6. The van der Waals surface area contributed by atoms with E-state index in [1.54, 1.807) is 6.26 Å². The summed E-state index contributed by atoms with van der Waals surface area (Å²) in [5.74, 6) is 1.54. The summed E-state index contributed by atoms with van der Waals surface area (Å²) >= 11 is 0. The molecule has 35 heavy (non-hydrogen) atoms. The number of nitrogens with zero attached hydrogens (tertiary/aromatic N) is 3. The number of rotatable bonds is 7.